The number of hydrogen-bond acceptors (Lipinski definition) is 3. The van der Waals surface area contributed by atoms with Gasteiger partial charge in [-0.1, -0.05) is 0 Å². The molecule has 0 spiro atoms. The molecule has 0 bridgehead atoms. The Kier molecular flexibility index (Phi) is 2.27. The van der Waals surface area contributed by atoms with Crippen LogP contribution in [0.4, 0.5) is 0 Å². The number of nitrogens with one attached hydrogen (secondary N) is 1. The number of hydrogen-bond donors (Lipinski definition) is 1. The first-order valence-corrected chi connectivity index (χ1v) is 3.56. The summed E-state index contributed by atoms with van der Waals surface area (Å²) in [7, 11) is 0. The first kappa shape index (κ1) is 7.54. The third-order valence-electron chi connectivity index (χ3n) is 1.37. The molecule has 2 aliphatic rings. The van der Waals surface area contributed by atoms with Gasteiger partial charge in [0, 0.05) is 12.1 Å². The van der Waals surface area contributed by atoms with E-state index in [-0.39, 0.29) is 0 Å². The Labute approximate surface area is 61.5 Å². The van der Waals surface area contributed by atoms with Crippen molar-refractivity contribution in [1.82, 2.24) is 5.32 Å². The van der Waals surface area contributed by atoms with Gasteiger partial charge in [-0.2, -0.15) is 0 Å². The standard InChI is InChI=1S/C4H9N.C3H5NO/c1-4(2)3-5-4;1-2-5-3-4-1/h5H,3H2,1-2H3;3H,1-2H2. The smallest absolute Gasteiger partial charge is 0.169 e. The molecule has 0 aromatic rings. The Balaban J connectivity index is 0.0000001000. The molecule has 2 rings (SSSR count). The molecule has 0 amide bonds. The molecule has 0 aromatic carbocycles. The molecule has 58 valence electrons. The monoisotopic (exact) mass is 142 g/mol. The topological polar surface area (TPSA) is 43.5 Å². The van der Waals surface area contributed by atoms with Crippen LogP contribution in [0, 0.1) is 0 Å². The lowest BCUT2D eigenvalue weighted by atomic mass is 10.3. The molecule has 0 radical (unpaired) electrons. The van der Waals surface area contributed by atoms with Crippen LogP contribution in [0.2, 0.25) is 0 Å². The minimum absolute atomic E-state index is 0.500. The predicted octanol–water partition coefficient (Wildman–Crippen LogP) is 0.413. The largest absolute Gasteiger partial charge is 0.482 e. The fourth-order valence-electron chi connectivity index (χ4n) is 0.440. The quantitative estimate of drug-likeness (QED) is 0.498. The summed E-state index contributed by atoms with van der Waals surface area (Å²) in [5, 5.41) is 3.17. The van der Waals surface area contributed by atoms with Gasteiger partial charge in [-0.15, -0.1) is 0 Å². The summed E-state index contributed by atoms with van der Waals surface area (Å²) in [5.74, 6) is 0. The second kappa shape index (κ2) is 3.01. The van der Waals surface area contributed by atoms with Crippen LogP contribution in [-0.2, 0) is 4.74 Å². The minimum Gasteiger partial charge on any atom is -0.482 e. The molecule has 1 fully saturated rings. The molecule has 0 saturated carbocycles. The molecule has 0 aromatic heterocycles. The van der Waals surface area contributed by atoms with E-state index in [0.29, 0.717) is 5.54 Å². The highest BCUT2D eigenvalue weighted by Gasteiger charge is 2.29. The fraction of sp³-hybridized carbons (Fsp3) is 0.857. The van der Waals surface area contributed by atoms with Crippen molar-refractivity contribution < 1.29 is 4.74 Å². The third kappa shape index (κ3) is 3.45. The molecule has 0 atom stereocenters. The molecule has 1 saturated heterocycles. The minimum atomic E-state index is 0.500. The van der Waals surface area contributed by atoms with Gasteiger partial charge in [0.1, 0.15) is 6.61 Å². The summed E-state index contributed by atoms with van der Waals surface area (Å²) < 4.78 is 4.65. The molecule has 0 aliphatic carbocycles. The van der Waals surface area contributed by atoms with Gasteiger partial charge < -0.3 is 10.1 Å². The summed E-state index contributed by atoms with van der Waals surface area (Å²) in [5.41, 5.74) is 0.500. The average Bonchev–Trinajstić information content (AvgIpc) is 2.39. The van der Waals surface area contributed by atoms with Gasteiger partial charge in [0.05, 0.1) is 6.54 Å². The van der Waals surface area contributed by atoms with Crippen molar-refractivity contribution in [3.63, 3.8) is 0 Å². The molecule has 0 unspecified atom stereocenters. The van der Waals surface area contributed by atoms with Crippen molar-refractivity contribution in [2.45, 2.75) is 19.4 Å². The van der Waals surface area contributed by atoms with Gasteiger partial charge in [0.25, 0.3) is 0 Å². The van der Waals surface area contributed by atoms with E-state index in [0.717, 1.165) is 13.2 Å². The Morgan fingerprint density at radius 3 is 2.30 bits per heavy atom. The van der Waals surface area contributed by atoms with Crippen molar-refractivity contribution in [2.24, 2.45) is 4.99 Å². The SMILES string of the molecule is C1=NCCO1.CC1(C)CN1. The van der Waals surface area contributed by atoms with Gasteiger partial charge in [0.15, 0.2) is 6.40 Å². The van der Waals surface area contributed by atoms with Crippen molar-refractivity contribution in [3.05, 3.63) is 0 Å². The molecule has 10 heavy (non-hydrogen) atoms. The molecule has 2 heterocycles. The van der Waals surface area contributed by atoms with Gasteiger partial charge in [0.2, 0.25) is 0 Å². The average molecular weight is 142 g/mol. The maximum absolute atomic E-state index is 4.65. The molecule has 1 N–H and O–H groups in total. The van der Waals surface area contributed by atoms with E-state index in [2.05, 4.69) is 28.9 Å². The van der Waals surface area contributed by atoms with Crippen LogP contribution in [-0.4, -0.2) is 31.6 Å². The van der Waals surface area contributed by atoms with Gasteiger partial charge in [-0.05, 0) is 13.8 Å². The third-order valence-corrected chi connectivity index (χ3v) is 1.37. The second-order valence-corrected chi connectivity index (χ2v) is 3.12. The lowest BCUT2D eigenvalue weighted by Gasteiger charge is -1.84. The van der Waals surface area contributed by atoms with Crippen LogP contribution in [0.25, 0.3) is 0 Å². The zero-order valence-corrected chi connectivity index (χ0v) is 6.55. The van der Waals surface area contributed by atoms with Crippen molar-refractivity contribution in [3.8, 4) is 0 Å². The molecular weight excluding hydrogens is 128 g/mol. The van der Waals surface area contributed by atoms with Gasteiger partial charge in [-0.25, -0.2) is 0 Å². The van der Waals surface area contributed by atoms with Gasteiger partial charge in [-0.3, -0.25) is 4.99 Å². The van der Waals surface area contributed by atoms with Crippen LogP contribution in [0.15, 0.2) is 4.99 Å². The summed E-state index contributed by atoms with van der Waals surface area (Å²) in [6.45, 7) is 7.20. The first-order valence-electron chi connectivity index (χ1n) is 3.56. The predicted molar refractivity (Wildman–Crippen MR) is 41.4 cm³/mol. The highest BCUT2D eigenvalue weighted by molar-refractivity contribution is 5.47. The van der Waals surface area contributed by atoms with E-state index in [9.17, 15) is 0 Å². The number of ether oxygens (including phenoxy) is 1. The van der Waals surface area contributed by atoms with E-state index in [4.69, 9.17) is 0 Å². The van der Waals surface area contributed by atoms with Crippen LogP contribution in [0.1, 0.15) is 13.8 Å². The van der Waals surface area contributed by atoms with Crippen molar-refractivity contribution in [2.75, 3.05) is 19.7 Å². The van der Waals surface area contributed by atoms with Crippen LogP contribution in [0.3, 0.4) is 0 Å². The summed E-state index contributed by atoms with van der Waals surface area (Å²) in [4.78, 5) is 3.74. The highest BCUT2D eigenvalue weighted by Crippen LogP contribution is 2.11. The zero-order valence-electron chi connectivity index (χ0n) is 6.55. The van der Waals surface area contributed by atoms with E-state index in [1.54, 1.807) is 0 Å². The van der Waals surface area contributed by atoms with Crippen molar-refractivity contribution >= 4 is 6.40 Å². The molecule has 2 aliphatic heterocycles. The Hall–Kier alpha value is -0.570. The Morgan fingerprint density at radius 1 is 1.60 bits per heavy atom. The summed E-state index contributed by atoms with van der Waals surface area (Å²) in [6.07, 6.45) is 1.49. The maximum atomic E-state index is 4.65. The van der Waals surface area contributed by atoms with E-state index in [1.807, 2.05) is 0 Å². The lowest BCUT2D eigenvalue weighted by Crippen LogP contribution is -1.98. The number of aliphatic imine (C=N–C) groups is 1. The Bertz CT molecular complexity index is 120. The normalized spacial score (nSPS) is 24.6. The molecular formula is C7H14N2O. The zero-order chi connectivity index (χ0) is 7.45. The van der Waals surface area contributed by atoms with Crippen molar-refractivity contribution in [1.29, 1.82) is 0 Å². The summed E-state index contributed by atoms with van der Waals surface area (Å²) >= 11 is 0. The van der Waals surface area contributed by atoms with Crippen LogP contribution in [0.5, 0.6) is 0 Å². The maximum Gasteiger partial charge on any atom is 0.169 e. The summed E-state index contributed by atoms with van der Waals surface area (Å²) in [6, 6.07) is 0. The van der Waals surface area contributed by atoms with E-state index in [1.165, 1.54) is 12.9 Å². The molecule has 3 heteroatoms. The van der Waals surface area contributed by atoms with Crippen LogP contribution < -0.4 is 5.32 Å². The van der Waals surface area contributed by atoms with E-state index < -0.39 is 0 Å². The fourth-order valence-corrected chi connectivity index (χ4v) is 0.440. The van der Waals surface area contributed by atoms with Crippen LogP contribution >= 0.6 is 0 Å². The highest BCUT2D eigenvalue weighted by atomic mass is 16.5. The first-order chi connectivity index (χ1) is 4.71. The van der Waals surface area contributed by atoms with Gasteiger partial charge >= 0.3 is 0 Å². The lowest BCUT2D eigenvalue weighted by molar-refractivity contribution is 0.361. The Morgan fingerprint density at radius 2 is 2.20 bits per heavy atom. The molecule has 3 nitrogen and oxygen atoms in total. The number of rotatable bonds is 0. The number of nitrogens with zero attached hydrogens (tertiary/aromatic N) is 1. The second-order valence-electron chi connectivity index (χ2n) is 3.12. The van der Waals surface area contributed by atoms with E-state index >= 15 is 0 Å².